The number of fused-ring (bicyclic) bond motifs is 1. The first-order chi connectivity index (χ1) is 14.2. The Kier molecular flexibility index (Phi) is 5.65. The first kappa shape index (κ1) is 18.9. The lowest BCUT2D eigenvalue weighted by atomic mass is 10.2. The van der Waals surface area contributed by atoms with Crippen LogP contribution in [0.15, 0.2) is 54.6 Å². The Labute approximate surface area is 169 Å². The molecule has 29 heavy (non-hydrogen) atoms. The predicted octanol–water partition coefficient (Wildman–Crippen LogP) is 2.32. The van der Waals surface area contributed by atoms with E-state index in [1.54, 1.807) is 23.1 Å². The number of benzene rings is 2. The molecule has 0 aliphatic carbocycles. The van der Waals surface area contributed by atoms with E-state index in [4.69, 9.17) is 14.2 Å². The number of piperazine rings is 1. The molecule has 0 atom stereocenters. The molecule has 7 nitrogen and oxygen atoms in total. The number of carbonyl (C=O) groups excluding carboxylic acids is 2. The van der Waals surface area contributed by atoms with Gasteiger partial charge in [0.2, 0.25) is 6.79 Å². The van der Waals surface area contributed by atoms with Crippen LogP contribution >= 0.6 is 0 Å². The van der Waals surface area contributed by atoms with E-state index in [2.05, 4.69) is 17.0 Å². The average molecular weight is 394 g/mol. The van der Waals surface area contributed by atoms with Gasteiger partial charge in [0.25, 0.3) is 5.91 Å². The van der Waals surface area contributed by atoms with E-state index >= 15 is 0 Å². The van der Waals surface area contributed by atoms with Crippen LogP contribution in [0.3, 0.4) is 0 Å². The summed E-state index contributed by atoms with van der Waals surface area (Å²) in [4.78, 5) is 28.2. The molecule has 0 saturated carbocycles. The lowest BCUT2D eigenvalue weighted by Crippen LogP contribution is -2.49. The molecule has 1 amide bonds. The van der Waals surface area contributed by atoms with Gasteiger partial charge in [0.1, 0.15) is 0 Å². The molecule has 150 valence electrons. The summed E-state index contributed by atoms with van der Waals surface area (Å²) in [6.45, 7) is 2.68. The number of para-hydroxylation sites is 1. The van der Waals surface area contributed by atoms with Gasteiger partial charge in [-0.3, -0.25) is 4.79 Å². The van der Waals surface area contributed by atoms with E-state index in [-0.39, 0.29) is 19.3 Å². The number of amides is 1. The van der Waals surface area contributed by atoms with E-state index < -0.39 is 5.97 Å². The van der Waals surface area contributed by atoms with Crippen LogP contribution in [0.2, 0.25) is 0 Å². The molecule has 7 heteroatoms. The number of ether oxygens (including phenoxy) is 3. The molecule has 0 bridgehead atoms. The van der Waals surface area contributed by atoms with Crippen LogP contribution in [-0.4, -0.2) is 56.4 Å². The normalized spacial score (nSPS) is 15.6. The summed E-state index contributed by atoms with van der Waals surface area (Å²) in [6.07, 6.45) is 2.92. The largest absolute Gasteiger partial charge is 0.454 e. The van der Waals surface area contributed by atoms with Crippen molar-refractivity contribution in [2.45, 2.75) is 0 Å². The van der Waals surface area contributed by atoms with Gasteiger partial charge in [0, 0.05) is 37.9 Å². The van der Waals surface area contributed by atoms with Crippen molar-refractivity contribution in [3.05, 3.63) is 60.2 Å². The van der Waals surface area contributed by atoms with Crippen molar-refractivity contribution in [3.63, 3.8) is 0 Å². The maximum absolute atomic E-state index is 12.3. The van der Waals surface area contributed by atoms with Crippen LogP contribution in [-0.2, 0) is 14.3 Å². The second kappa shape index (κ2) is 8.68. The molecule has 0 radical (unpaired) electrons. The number of anilines is 1. The molecule has 1 fully saturated rings. The Morgan fingerprint density at radius 3 is 2.52 bits per heavy atom. The van der Waals surface area contributed by atoms with Crippen molar-refractivity contribution in [1.82, 2.24) is 4.90 Å². The second-order valence-electron chi connectivity index (χ2n) is 6.76. The fraction of sp³-hybridized carbons (Fsp3) is 0.273. The highest BCUT2D eigenvalue weighted by Gasteiger charge is 2.22. The minimum absolute atomic E-state index is 0.178. The highest BCUT2D eigenvalue weighted by molar-refractivity contribution is 5.89. The lowest BCUT2D eigenvalue weighted by molar-refractivity contribution is -0.148. The summed E-state index contributed by atoms with van der Waals surface area (Å²) < 4.78 is 15.6. The van der Waals surface area contributed by atoms with Crippen molar-refractivity contribution in [2.24, 2.45) is 0 Å². The van der Waals surface area contributed by atoms with E-state index in [1.807, 2.05) is 24.3 Å². The summed E-state index contributed by atoms with van der Waals surface area (Å²) in [5, 5.41) is 0. The fourth-order valence-electron chi connectivity index (χ4n) is 3.31. The molecule has 0 unspecified atom stereocenters. The van der Waals surface area contributed by atoms with Crippen LogP contribution < -0.4 is 14.4 Å². The third kappa shape index (κ3) is 4.68. The van der Waals surface area contributed by atoms with E-state index in [1.165, 1.54) is 6.08 Å². The SMILES string of the molecule is O=C(/C=C\c1ccc2c(c1)OCO2)OCC(=O)N1CCN(c2ccccc2)CC1. The quantitative estimate of drug-likeness (QED) is 0.573. The molecule has 2 aliphatic rings. The second-order valence-corrected chi connectivity index (χ2v) is 6.76. The lowest BCUT2D eigenvalue weighted by Gasteiger charge is -2.36. The third-order valence-corrected chi connectivity index (χ3v) is 4.90. The molecular weight excluding hydrogens is 372 g/mol. The standard InChI is InChI=1S/C22H22N2O5/c25-21(24-12-10-23(11-13-24)18-4-2-1-3-5-18)15-27-22(26)9-7-17-6-8-19-20(14-17)29-16-28-19/h1-9,14H,10-13,15-16H2/b9-7-. The van der Waals surface area contributed by atoms with Crippen LogP contribution in [0.1, 0.15) is 5.56 Å². The summed E-state index contributed by atoms with van der Waals surface area (Å²) in [7, 11) is 0. The highest BCUT2D eigenvalue weighted by atomic mass is 16.7. The Bertz CT molecular complexity index is 905. The maximum Gasteiger partial charge on any atom is 0.331 e. The smallest absolute Gasteiger partial charge is 0.331 e. The Morgan fingerprint density at radius 2 is 1.72 bits per heavy atom. The number of esters is 1. The zero-order chi connectivity index (χ0) is 20.1. The molecule has 1 saturated heterocycles. The number of hydrogen-bond acceptors (Lipinski definition) is 6. The van der Waals surface area contributed by atoms with Crippen molar-refractivity contribution in [3.8, 4) is 11.5 Å². The van der Waals surface area contributed by atoms with Crippen LogP contribution in [0.5, 0.6) is 11.5 Å². The minimum atomic E-state index is -0.557. The molecule has 2 heterocycles. The highest BCUT2D eigenvalue weighted by Crippen LogP contribution is 2.32. The van der Waals surface area contributed by atoms with Crippen LogP contribution in [0.25, 0.3) is 6.08 Å². The Morgan fingerprint density at radius 1 is 0.966 bits per heavy atom. The van der Waals surface area contributed by atoms with Gasteiger partial charge >= 0.3 is 5.97 Å². The first-order valence-electron chi connectivity index (χ1n) is 9.51. The average Bonchev–Trinajstić information content (AvgIpc) is 3.24. The predicted molar refractivity (Wildman–Crippen MR) is 108 cm³/mol. The first-order valence-corrected chi connectivity index (χ1v) is 9.51. The summed E-state index contributed by atoms with van der Waals surface area (Å²) in [6, 6.07) is 15.5. The third-order valence-electron chi connectivity index (χ3n) is 4.90. The molecule has 0 spiro atoms. The molecular formula is C22H22N2O5. The van der Waals surface area contributed by atoms with Gasteiger partial charge < -0.3 is 24.0 Å². The minimum Gasteiger partial charge on any atom is -0.454 e. The fourth-order valence-corrected chi connectivity index (χ4v) is 3.31. The van der Waals surface area contributed by atoms with Gasteiger partial charge in [-0.05, 0) is 35.9 Å². The van der Waals surface area contributed by atoms with Crippen molar-refractivity contribution < 1.29 is 23.8 Å². The van der Waals surface area contributed by atoms with Crippen molar-refractivity contribution >= 4 is 23.6 Å². The molecule has 2 aromatic rings. The van der Waals surface area contributed by atoms with E-state index in [0.717, 1.165) is 24.3 Å². The van der Waals surface area contributed by atoms with Gasteiger partial charge in [-0.15, -0.1) is 0 Å². The van der Waals surface area contributed by atoms with Crippen LogP contribution in [0, 0.1) is 0 Å². The number of nitrogens with zero attached hydrogens (tertiary/aromatic N) is 2. The molecule has 0 N–H and O–H groups in total. The Hall–Kier alpha value is -3.48. The van der Waals surface area contributed by atoms with Crippen molar-refractivity contribution in [1.29, 1.82) is 0 Å². The topological polar surface area (TPSA) is 68.3 Å². The summed E-state index contributed by atoms with van der Waals surface area (Å²) in [5.74, 6) is 0.592. The van der Waals surface area contributed by atoms with Crippen molar-refractivity contribution in [2.75, 3.05) is 44.5 Å². The van der Waals surface area contributed by atoms with E-state index in [9.17, 15) is 9.59 Å². The van der Waals surface area contributed by atoms with E-state index in [0.29, 0.717) is 24.6 Å². The number of hydrogen-bond donors (Lipinski definition) is 0. The summed E-state index contributed by atoms with van der Waals surface area (Å²) in [5.41, 5.74) is 1.94. The molecule has 2 aliphatic heterocycles. The van der Waals surface area contributed by atoms with Gasteiger partial charge in [-0.2, -0.15) is 0 Å². The number of carbonyl (C=O) groups is 2. The van der Waals surface area contributed by atoms with Gasteiger partial charge in [0.05, 0.1) is 0 Å². The van der Waals surface area contributed by atoms with Gasteiger partial charge in [-0.25, -0.2) is 4.79 Å². The molecule has 0 aromatic heterocycles. The Balaban J connectivity index is 1.22. The molecule has 2 aromatic carbocycles. The van der Waals surface area contributed by atoms with Gasteiger partial charge in [-0.1, -0.05) is 24.3 Å². The van der Waals surface area contributed by atoms with Gasteiger partial charge in [0.15, 0.2) is 18.1 Å². The number of rotatable bonds is 5. The zero-order valence-electron chi connectivity index (χ0n) is 16.0. The summed E-state index contributed by atoms with van der Waals surface area (Å²) >= 11 is 0. The molecule has 4 rings (SSSR count). The maximum atomic E-state index is 12.3. The zero-order valence-corrected chi connectivity index (χ0v) is 16.0. The van der Waals surface area contributed by atoms with Crippen LogP contribution in [0.4, 0.5) is 5.69 Å². The monoisotopic (exact) mass is 394 g/mol.